The van der Waals surface area contributed by atoms with Crippen LogP contribution in [0.25, 0.3) is 0 Å². The highest BCUT2D eigenvalue weighted by Gasteiger charge is 2.23. The minimum atomic E-state index is -1.03. The molecule has 1 atom stereocenters. The second kappa shape index (κ2) is 8.65. The Labute approximate surface area is 149 Å². The summed E-state index contributed by atoms with van der Waals surface area (Å²) in [6.45, 7) is 9.33. The number of nitrogens with zero attached hydrogens (tertiary/aromatic N) is 1. The van der Waals surface area contributed by atoms with E-state index in [0.29, 0.717) is 18.5 Å². The van der Waals surface area contributed by atoms with E-state index in [1.165, 1.54) is 4.90 Å². The standard InChI is InChI=1S/C19H28N2O4/c1-6-13(2)21(12-16(22)23)17(24)15-9-7-14(8-10-15)11-20-18(25)19(3,4)5/h7-10,13H,6,11-12H2,1-5H3,(H,20,25)(H,22,23). The number of hydrogen-bond donors (Lipinski definition) is 2. The molecule has 1 unspecified atom stereocenters. The zero-order valence-corrected chi connectivity index (χ0v) is 15.6. The molecule has 0 fully saturated rings. The van der Waals surface area contributed by atoms with Crippen molar-refractivity contribution < 1.29 is 19.5 Å². The van der Waals surface area contributed by atoms with Crippen LogP contribution in [-0.2, 0) is 16.1 Å². The third-order valence-corrected chi connectivity index (χ3v) is 4.02. The second-order valence-electron chi connectivity index (χ2n) is 7.21. The van der Waals surface area contributed by atoms with Gasteiger partial charge in [-0.2, -0.15) is 0 Å². The first-order valence-electron chi connectivity index (χ1n) is 8.46. The highest BCUT2D eigenvalue weighted by atomic mass is 16.4. The molecule has 0 saturated heterocycles. The molecular weight excluding hydrogens is 320 g/mol. The third-order valence-electron chi connectivity index (χ3n) is 4.02. The van der Waals surface area contributed by atoms with Gasteiger partial charge in [0.1, 0.15) is 6.54 Å². The molecule has 2 amide bonds. The molecule has 0 aliphatic rings. The van der Waals surface area contributed by atoms with Gasteiger partial charge in [0.05, 0.1) is 0 Å². The largest absolute Gasteiger partial charge is 0.480 e. The highest BCUT2D eigenvalue weighted by molar-refractivity contribution is 5.96. The molecule has 25 heavy (non-hydrogen) atoms. The lowest BCUT2D eigenvalue weighted by Gasteiger charge is -2.27. The Kier molecular flexibility index (Phi) is 7.15. The number of hydrogen-bond acceptors (Lipinski definition) is 3. The summed E-state index contributed by atoms with van der Waals surface area (Å²) in [5, 5.41) is 11.9. The first-order valence-corrected chi connectivity index (χ1v) is 8.46. The van der Waals surface area contributed by atoms with Gasteiger partial charge in [0.25, 0.3) is 5.91 Å². The van der Waals surface area contributed by atoms with Gasteiger partial charge in [0.15, 0.2) is 0 Å². The second-order valence-corrected chi connectivity index (χ2v) is 7.21. The molecule has 0 spiro atoms. The van der Waals surface area contributed by atoms with Crippen LogP contribution < -0.4 is 5.32 Å². The normalized spacial score (nSPS) is 12.4. The van der Waals surface area contributed by atoms with Crippen LogP contribution in [0.5, 0.6) is 0 Å². The molecule has 0 radical (unpaired) electrons. The molecule has 2 N–H and O–H groups in total. The summed E-state index contributed by atoms with van der Waals surface area (Å²) in [6, 6.07) is 6.71. The average molecular weight is 348 g/mol. The number of benzene rings is 1. The molecule has 0 aliphatic carbocycles. The van der Waals surface area contributed by atoms with Gasteiger partial charge in [0, 0.05) is 23.6 Å². The average Bonchev–Trinajstić information content (AvgIpc) is 2.55. The quantitative estimate of drug-likeness (QED) is 0.793. The number of carbonyl (C=O) groups excluding carboxylic acids is 2. The van der Waals surface area contributed by atoms with Crippen LogP contribution in [0.1, 0.15) is 57.0 Å². The Morgan fingerprint density at radius 3 is 2.16 bits per heavy atom. The van der Waals surface area contributed by atoms with E-state index >= 15 is 0 Å². The van der Waals surface area contributed by atoms with E-state index in [0.717, 1.165) is 5.56 Å². The summed E-state index contributed by atoms with van der Waals surface area (Å²) in [4.78, 5) is 36.8. The van der Waals surface area contributed by atoms with Crippen molar-refractivity contribution in [3.05, 3.63) is 35.4 Å². The maximum atomic E-state index is 12.6. The van der Waals surface area contributed by atoms with Gasteiger partial charge in [-0.3, -0.25) is 14.4 Å². The van der Waals surface area contributed by atoms with Crippen LogP contribution in [0.4, 0.5) is 0 Å². The predicted octanol–water partition coefficient (Wildman–Crippen LogP) is 2.67. The number of aliphatic carboxylic acids is 1. The van der Waals surface area contributed by atoms with E-state index in [-0.39, 0.29) is 24.4 Å². The number of nitrogens with one attached hydrogen (secondary N) is 1. The zero-order chi connectivity index (χ0) is 19.2. The van der Waals surface area contributed by atoms with Gasteiger partial charge in [-0.25, -0.2) is 0 Å². The van der Waals surface area contributed by atoms with Gasteiger partial charge in [0.2, 0.25) is 5.91 Å². The molecule has 6 nitrogen and oxygen atoms in total. The van der Waals surface area contributed by atoms with E-state index in [2.05, 4.69) is 5.32 Å². The number of carbonyl (C=O) groups is 3. The van der Waals surface area contributed by atoms with Crippen molar-refractivity contribution in [3.8, 4) is 0 Å². The summed E-state index contributed by atoms with van der Waals surface area (Å²) in [5.41, 5.74) is 0.860. The summed E-state index contributed by atoms with van der Waals surface area (Å²) < 4.78 is 0. The zero-order valence-electron chi connectivity index (χ0n) is 15.6. The molecule has 0 heterocycles. The van der Waals surface area contributed by atoms with Crippen LogP contribution >= 0.6 is 0 Å². The number of carboxylic acid groups (broad SMARTS) is 1. The van der Waals surface area contributed by atoms with Crippen molar-refractivity contribution in [3.63, 3.8) is 0 Å². The maximum Gasteiger partial charge on any atom is 0.323 e. The Bertz CT molecular complexity index is 617. The minimum Gasteiger partial charge on any atom is -0.480 e. The van der Waals surface area contributed by atoms with Crippen LogP contribution in [-0.4, -0.2) is 40.4 Å². The molecule has 1 aromatic carbocycles. The molecule has 1 rings (SSSR count). The van der Waals surface area contributed by atoms with E-state index < -0.39 is 11.4 Å². The van der Waals surface area contributed by atoms with Gasteiger partial charge in [-0.05, 0) is 31.0 Å². The molecule has 0 aromatic heterocycles. The van der Waals surface area contributed by atoms with Crippen molar-refractivity contribution in [2.24, 2.45) is 5.41 Å². The summed E-state index contributed by atoms with van der Waals surface area (Å²) >= 11 is 0. The monoisotopic (exact) mass is 348 g/mol. The van der Waals surface area contributed by atoms with Crippen LogP contribution in [0.15, 0.2) is 24.3 Å². The molecule has 0 saturated carbocycles. The van der Waals surface area contributed by atoms with Crippen LogP contribution in [0.2, 0.25) is 0 Å². The van der Waals surface area contributed by atoms with Gasteiger partial charge < -0.3 is 15.3 Å². The SMILES string of the molecule is CCC(C)N(CC(=O)O)C(=O)c1ccc(CNC(=O)C(C)(C)C)cc1. The summed E-state index contributed by atoms with van der Waals surface area (Å²) in [7, 11) is 0. The first kappa shape index (κ1) is 20.7. The smallest absolute Gasteiger partial charge is 0.323 e. The lowest BCUT2D eigenvalue weighted by Crippen LogP contribution is -2.41. The highest BCUT2D eigenvalue weighted by Crippen LogP contribution is 2.14. The third kappa shape index (κ3) is 6.21. The Morgan fingerprint density at radius 2 is 1.72 bits per heavy atom. The number of carboxylic acids is 1. The van der Waals surface area contributed by atoms with E-state index in [1.54, 1.807) is 24.3 Å². The Hall–Kier alpha value is -2.37. The molecular formula is C19H28N2O4. The maximum absolute atomic E-state index is 12.6. The fourth-order valence-corrected chi connectivity index (χ4v) is 2.17. The summed E-state index contributed by atoms with van der Waals surface area (Å²) in [6.07, 6.45) is 0.677. The van der Waals surface area contributed by atoms with Crippen molar-refractivity contribution in [2.75, 3.05) is 6.54 Å². The molecule has 6 heteroatoms. The van der Waals surface area contributed by atoms with E-state index in [1.807, 2.05) is 34.6 Å². The van der Waals surface area contributed by atoms with Crippen molar-refractivity contribution in [1.29, 1.82) is 0 Å². The molecule has 0 bridgehead atoms. The number of amides is 2. The van der Waals surface area contributed by atoms with Crippen LogP contribution in [0.3, 0.4) is 0 Å². The van der Waals surface area contributed by atoms with E-state index in [9.17, 15) is 14.4 Å². The lowest BCUT2D eigenvalue weighted by molar-refractivity contribution is -0.138. The lowest BCUT2D eigenvalue weighted by atomic mass is 9.95. The minimum absolute atomic E-state index is 0.0444. The number of rotatable bonds is 7. The topological polar surface area (TPSA) is 86.7 Å². The van der Waals surface area contributed by atoms with Gasteiger partial charge in [-0.1, -0.05) is 39.8 Å². The van der Waals surface area contributed by atoms with Crippen molar-refractivity contribution >= 4 is 17.8 Å². The summed E-state index contributed by atoms with van der Waals surface area (Å²) in [5.74, 6) is -1.38. The first-order chi connectivity index (χ1) is 11.6. The van der Waals surface area contributed by atoms with Gasteiger partial charge in [-0.15, -0.1) is 0 Å². The fraction of sp³-hybridized carbons (Fsp3) is 0.526. The Morgan fingerprint density at radius 1 is 1.16 bits per heavy atom. The fourth-order valence-electron chi connectivity index (χ4n) is 2.17. The van der Waals surface area contributed by atoms with Crippen LogP contribution in [0, 0.1) is 5.41 Å². The molecule has 1 aromatic rings. The van der Waals surface area contributed by atoms with Gasteiger partial charge >= 0.3 is 5.97 Å². The molecule has 138 valence electrons. The molecule has 0 aliphatic heterocycles. The van der Waals surface area contributed by atoms with E-state index in [4.69, 9.17) is 5.11 Å². The predicted molar refractivity (Wildman–Crippen MR) is 96.2 cm³/mol. The van der Waals surface area contributed by atoms with Crippen molar-refractivity contribution in [1.82, 2.24) is 10.2 Å². The van der Waals surface area contributed by atoms with Crippen molar-refractivity contribution in [2.45, 2.75) is 53.6 Å². The Balaban J connectivity index is 2.81.